The lowest BCUT2D eigenvalue weighted by Crippen LogP contribution is -1.87. The molecule has 0 radical (unpaired) electrons. The average Bonchev–Trinajstić information content (AvgIpc) is 2.90. The van der Waals surface area contributed by atoms with Crippen LogP contribution in [-0.2, 0) is 0 Å². The zero-order valence-corrected chi connectivity index (χ0v) is 20.7. The fourth-order valence-corrected chi connectivity index (χ4v) is 5.20. The van der Waals surface area contributed by atoms with Gasteiger partial charge in [-0.15, -0.1) is 0 Å². The van der Waals surface area contributed by atoms with E-state index in [-0.39, 0.29) is 0 Å². The first-order chi connectivity index (χ1) is 17.7. The highest BCUT2D eigenvalue weighted by molar-refractivity contribution is 6.21. The Balaban J connectivity index is 1.58. The Kier molecular flexibility index (Phi) is 5.71. The highest BCUT2D eigenvalue weighted by Crippen LogP contribution is 2.36. The molecule has 0 saturated heterocycles. The van der Waals surface area contributed by atoms with Gasteiger partial charge < -0.3 is 0 Å². The van der Waals surface area contributed by atoms with Gasteiger partial charge in [0.15, 0.2) is 0 Å². The third-order valence-corrected chi connectivity index (χ3v) is 6.94. The summed E-state index contributed by atoms with van der Waals surface area (Å²) in [4.78, 5) is 0. The molecule has 0 bridgehead atoms. The summed E-state index contributed by atoms with van der Waals surface area (Å²) < 4.78 is 0. The first kappa shape index (κ1) is 22.1. The van der Waals surface area contributed by atoms with Crippen LogP contribution in [-0.4, -0.2) is 0 Å². The predicted octanol–water partition coefficient (Wildman–Crippen LogP) is 10.1. The first-order valence-corrected chi connectivity index (χ1v) is 12.5. The summed E-state index contributed by atoms with van der Waals surface area (Å²) in [6.45, 7) is 4.28. The van der Waals surface area contributed by atoms with E-state index in [1.54, 1.807) is 0 Å². The summed E-state index contributed by atoms with van der Waals surface area (Å²) in [6.07, 6.45) is 8.97. The maximum Gasteiger partial charge on any atom is -0.00926 e. The quantitative estimate of drug-likeness (QED) is 0.181. The van der Waals surface area contributed by atoms with Crippen LogP contribution in [0.3, 0.4) is 0 Å². The van der Waals surface area contributed by atoms with Crippen LogP contribution in [0.15, 0.2) is 109 Å². The van der Waals surface area contributed by atoms with E-state index in [1.165, 1.54) is 65.7 Å². The molecule has 0 spiro atoms. The van der Waals surface area contributed by atoms with Gasteiger partial charge in [-0.05, 0) is 80.6 Å². The van der Waals surface area contributed by atoms with Gasteiger partial charge in [-0.1, -0.05) is 132 Å². The second-order valence-electron chi connectivity index (χ2n) is 9.61. The lowest BCUT2D eigenvalue weighted by atomic mass is 9.91. The molecular formula is C36H28. The number of fused-ring (bicyclic) bond motifs is 5. The van der Waals surface area contributed by atoms with E-state index in [4.69, 9.17) is 0 Å². The van der Waals surface area contributed by atoms with Crippen molar-refractivity contribution in [3.63, 3.8) is 0 Å². The topological polar surface area (TPSA) is 0 Å². The molecular weight excluding hydrogens is 432 g/mol. The first-order valence-electron chi connectivity index (χ1n) is 12.5. The van der Waals surface area contributed by atoms with Crippen LogP contribution < -0.4 is 0 Å². The maximum atomic E-state index is 2.36. The van der Waals surface area contributed by atoms with E-state index < -0.39 is 0 Å². The SMILES string of the molecule is Cc1cccc(/C=C/c2cc3c4ccccc4c(/C=C/c4cccc(C)c4)cc3c3ccccc23)c1. The average molecular weight is 461 g/mol. The summed E-state index contributed by atoms with van der Waals surface area (Å²) in [7, 11) is 0. The zero-order valence-electron chi connectivity index (χ0n) is 20.7. The zero-order chi connectivity index (χ0) is 24.5. The number of rotatable bonds is 4. The van der Waals surface area contributed by atoms with Crippen LogP contribution in [0.5, 0.6) is 0 Å². The molecule has 0 nitrogen and oxygen atoms in total. The van der Waals surface area contributed by atoms with Gasteiger partial charge in [0.1, 0.15) is 0 Å². The van der Waals surface area contributed by atoms with E-state index in [0.29, 0.717) is 0 Å². The number of benzene rings is 6. The second kappa shape index (κ2) is 9.32. The number of hydrogen-bond donors (Lipinski definition) is 0. The molecule has 36 heavy (non-hydrogen) atoms. The highest BCUT2D eigenvalue weighted by atomic mass is 14.1. The molecule has 6 aromatic carbocycles. The minimum atomic E-state index is 1.22. The molecule has 0 saturated carbocycles. The molecule has 0 heterocycles. The molecule has 0 N–H and O–H groups in total. The van der Waals surface area contributed by atoms with Crippen molar-refractivity contribution in [1.82, 2.24) is 0 Å². The van der Waals surface area contributed by atoms with E-state index >= 15 is 0 Å². The van der Waals surface area contributed by atoms with Gasteiger partial charge in [0.25, 0.3) is 0 Å². The predicted molar refractivity (Wildman–Crippen MR) is 159 cm³/mol. The molecule has 0 aliphatic rings. The van der Waals surface area contributed by atoms with Crippen molar-refractivity contribution < 1.29 is 0 Å². The minimum absolute atomic E-state index is 1.22. The van der Waals surface area contributed by atoms with Crippen molar-refractivity contribution in [2.24, 2.45) is 0 Å². The van der Waals surface area contributed by atoms with Crippen LogP contribution in [0, 0.1) is 13.8 Å². The van der Waals surface area contributed by atoms with E-state index in [0.717, 1.165) is 0 Å². The lowest BCUT2D eigenvalue weighted by Gasteiger charge is -2.13. The summed E-state index contributed by atoms with van der Waals surface area (Å²) in [5.74, 6) is 0. The Hall–Kier alpha value is -4.42. The van der Waals surface area contributed by atoms with Crippen LogP contribution in [0.4, 0.5) is 0 Å². The highest BCUT2D eigenvalue weighted by Gasteiger charge is 2.10. The van der Waals surface area contributed by atoms with E-state index in [1.807, 2.05) is 0 Å². The normalized spacial score (nSPS) is 11.9. The summed E-state index contributed by atoms with van der Waals surface area (Å²) >= 11 is 0. The standard InChI is InChI=1S/C36H28/c1-25-9-7-11-27(21-25)17-19-29-23-35-34-16-6-4-14-32(34)30(20-18-28-12-8-10-26(2)22-28)24-36(35)33-15-5-3-13-31(29)33/h3-24H,1-2H3/b19-17+,20-18+. The van der Waals surface area contributed by atoms with E-state index in [9.17, 15) is 0 Å². The van der Waals surface area contributed by atoms with Crippen molar-refractivity contribution in [2.75, 3.05) is 0 Å². The smallest absolute Gasteiger partial charge is 0.00926 e. The molecule has 0 fully saturated rings. The Morgan fingerprint density at radius 2 is 0.778 bits per heavy atom. The van der Waals surface area contributed by atoms with Crippen molar-refractivity contribution in [3.8, 4) is 0 Å². The van der Waals surface area contributed by atoms with Gasteiger partial charge in [-0.2, -0.15) is 0 Å². The molecule has 0 heteroatoms. The fraction of sp³-hybridized carbons (Fsp3) is 0.0556. The summed E-state index contributed by atoms with van der Waals surface area (Å²) in [5.41, 5.74) is 7.48. The van der Waals surface area contributed by atoms with Gasteiger partial charge in [0.2, 0.25) is 0 Å². The molecule has 6 rings (SSSR count). The van der Waals surface area contributed by atoms with Gasteiger partial charge in [0.05, 0.1) is 0 Å². The van der Waals surface area contributed by atoms with Gasteiger partial charge >= 0.3 is 0 Å². The molecule has 0 aromatic heterocycles. The van der Waals surface area contributed by atoms with Crippen molar-refractivity contribution >= 4 is 56.6 Å². The fourth-order valence-electron chi connectivity index (χ4n) is 5.20. The Bertz CT molecular complexity index is 1660. The Labute approximate surface area is 212 Å². The molecule has 6 aromatic rings. The van der Waals surface area contributed by atoms with Crippen LogP contribution in [0.2, 0.25) is 0 Å². The lowest BCUT2D eigenvalue weighted by molar-refractivity contribution is 1.46. The van der Waals surface area contributed by atoms with Crippen molar-refractivity contribution in [3.05, 3.63) is 143 Å². The molecule has 0 unspecified atom stereocenters. The molecule has 0 amide bonds. The third kappa shape index (κ3) is 4.23. The monoisotopic (exact) mass is 460 g/mol. The van der Waals surface area contributed by atoms with E-state index in [2.05, 4.69) is 147 Å². The number of hydrogen-bond acceptors (Lipinski definition) is 0. The Morgan fingerprint density at radius 3 is 1.19 bits per heavy atom. The minimum Gasteiger partial charge on any atom is -0.0616 e. The second-order valence-corrected chi connectivity index (χ2v) is 9.61. The van der Waals surface area contributed by atoms with Gasteiger partial charge in [0, 0.05) is 0 Å². The molecule has 0 aliphatic heterocycles. The van der Waals surface area contributed by atoms with Crippen LogP contribution in [0.1, 0.15) is 33.4 Å². The van der Waals surface area contributed by atoms with Gasteiger partial charge in [-0.25, -0.2) is 0 Å². The van der Waals surface area contributed by atoms with Crippen LogP contribution >= 0.6 is 0 Å². The molecule has 172 valence electrons. The largest absolute Gasteiger partial charge is 0.0616 e. The molecule has 0 aliphatic carbocycles. The Morgan fingerprint density at radius 1 is 0.361 bits per heavy atom. The number of aryl methyl sites for hydroxylation is 2. The molecule has 0 atom stereocenters. The van der Waals surface area contributed by atoms with Crippen LogP contribution in [0.25, 0.3) is 56.6 Å². The summed E-state index contributed by atoms with van der Waals surface area (Å²) in [5, 5.41) is 7.71. The van der Waals surface area contributed by atoms with Crippen molar-refractivity contribution in [1.29, 1.82) is 0 Å². The van der Waals surface area contributed by atoms with Gasteiger partial charge in [-0.3, -0.25) is 0 Å². The summed E-state index contributed by atoms with van der Waals surface area (Å²) in [6, 6.07) is 39.6. The van der Waals surface area contributed by atoms with Crippen molar-refractivity contribution in [2.45, 2.75) is 13.8 Å². The maximum absolute atomic E-state index is 2.36. The third-order valence-electron chi connectivity index (χ3n) is 6.94.